The van der Waals surface area contributed by atoms with Crippen molar-refractivity contribution in [3.05, 3.63) is 143 Å². The SMILES string of the molecule is Cc1ccccc1C(O[SiH3])C(c1ccccc1)(c1ccccc1)c1ccccc1C. The van der Waals surface area contributed by atoms with Gasteiger partial charge in [-0.3, -0.25) is 0 Å². The van der Waals surface area contributed by atoms with E-state index in [1.807, 2.05) is 0 Å². The summed E-state index contributed by atoms with van der Waals surface area (Å²) >= 11 is 0. The van der Waals surface area contributed by atoms with Crippen LogP contribution in [0, 0.1) is 13.8 Å². The van der Waals surface area contributed by atoms with Gasteiger partial charge in [-0.2, -0.15) is 0 Å². The quantitative estimate of drug-likeness (QED) is 0.295. The van der Waals surface area contributed by atoms with Crippen molar-refractivity contribution in [2.75, 3.05) is 0 Å². The van der Waals surface area contributed by atoms with Crippen LogP contribution < -0.4 is 0 Å². The van der Waals surface area contributed by atoms with Gasteiger partial charge in [-0.25, -0.2) is 0 Å². The first-order valence-corrected chi connectivity index (χ1v) is 11.3. The largest absolute Gasteiger partial charge is 0.419 e. The summed E-state index contributed by atoms with van der Waals surface area (Å²) in [6.07, 6.45) is -0.128. The Morgan fingerprint density at radius 1 is 0.600 bits per heavy atom. The number of hydrogen-bond acceptors (Lipinski definition) is 1. The molecule has 4 aromatic rings. The van der Waals surface area contributed by atoms with E-state index in [1.165, 1.54) is 33.4 Å². The molecule has 2 heteroatoms. The van der Waals surface area contributed by atoms with Gasteiger partial charge in [0.1, 0.15) is 10.5 Å². The van der Waals surface area contributed by atoms with Gasteiger partial charge in [0.05, 0.1) is 11.5 Å². The Bertz CT molecular complexity index is 1070. The van der Waals surface area contributed by atoms with Crippen LogP contribution in [0.1, 0.15) is 39.5 Å². The monoisotopic (exact) mass is 408 g/mol. The Morgan fingerprint density at radius 3 is 1.57 bits per heavy atom. The highest BCUT2D eigenvalue weighted by atomic mass is 28.2. The second-order valence-electron chi connectivity index (χ2n) is 7.83. The van der Waals surface area contributed by atoms with Gasteiger partial charge >= 0.3 is 0 Å². The summed E-state index contributed by atoms with van der Waals surface area (Å²) in [6.45, 7) is 4.39. The lowest BCUT2D eigenvalue weighted by atomic mass is 9.63. The van der Waals surface area contributed by atoms with Crippen LogP contribution >= 0.6 is 0 Å². The highest BCUT2D eigenvalue weighted by Gasteiger charge is 2.45. The van der Waals surface area contributed by atoms with Crippen molar-refractivity contribution in [2.45, 2.75) is 25.4 Å². The summed E-state index contributed by atoms with van der Waals surface area (Å²) in [4.78, 5) is 0. The van der Waals surface area contributed by atoms with E-state index in [1.54, 1.807) is 0 Å². The van der Waals surface area contributed by atoms with Gasteiger partial charge in [0.15, 0.2) is 0 Å². The molecule has 0 heterocycles. The summed E-state index contributed by atoms with van der Waals surface area (Å²) in [7, 11) is 0.637. The smallest absolute Gasteiger partial charge is 0.146 e. The summed E-state index contributed by atoms with van der Waals surface area (Å²) in [5.41, 5.74) is 7.08. The fourth-order valence-corrected chi connectivity index (χ4v) is 5.36. The molecule has 0 fully saturated rings. The number of rotatable bonds is 6. The van der Waals surface area contributed by atoms with Crippen LogP contribution in [0.2, 0.25) is 0 Å². The molecule has 150 valence electrons. The summed E-state index contributed by atoms with van der Waals surface area (Å²) in [6, 6.07) is 39.0. The molecule has 0 aromatic heterocycles. The Labute approximate surface area is 182 Å². The minimum absolute atomic E-state index is 0.128. The maximum absolute atomic E-state index is 6.54. The standard InChI is InChI=1S/C28H28OSi/c1-21-13-9-11-19-25(21)27(29-30)28(23-15-5-3-6-16-23,24-17-7-4-8-18-24)26-20-12-10-14-22(26)2/h3-20,27H,1-2,30H3. The number of hydrogen-bond donors (Lipinski definition) is 0. The summed E-state index contributed by atoms with van der Waals surface area (Å²) in [5.74, 6) is 0. The lowest BCUT2D eigenvalue weighted by molar-refractivity contribution is 0.163. The average Bonchev–Trinajstić information content (AvgIpc) is 2.80. The second-order valence-corrected chi connectivity index (χ2v) is 8.30. The molecule has 0 aliphatic carbocycles. The van der Waals surface area contributed by atoms with Crippen LogP contribution in [0.5, 0.6) is 0 Å². The molecular formula is C28H28OSi. The maximum Gasteiger partial charge on any atom is 0.146 e. The zero-order valence-electron chi connectivity index (χ0n) is 17.9. The zero-order valence-corrected chi connectivity index (χ0v) is 19.9. The second kappa shape index (κ2) is 8.82. The first-order chi connectivity index (χ1) is 14.7. The molecule has 0 radical (unpaired) electrons. The maximum atomic E-state index is 6.54. The molecule has 0 N–H and O–H groups in total. The van der Waals surface area contributed by atoms with Gasteiger partial charge in [-0.15, -0.1) is 0 Å². The molecule has 1 unspecified atom stereocenters. The molecule has 0 saturated heterocycles. The van der Waals surface area contributed by atoms with Gasteiger partial charge in [0.2, 0.25) is 0 Å². The zero-order chi connectivity index (χ0) is 21.0. The molecule has 0 bridgehead atoms. The van der Waals surface area contributed by atoms with Gasteiger partial charge in [-0.1, -0.05) is 109 Å². The van der Waals surface area contributed by atoms with Crippen molar-refractivity contribution < 1.29 is 4.43 Å². The Morgan fingerprint density at radius 2 is 1.07 bits per heavy atom. The van der Waals surface area contributed by atoms with E-state index in [0.29, 0.717) is 10.5 Å². The minimum atomic E-state index is -0.457. The first-order valence-electron chi connectivity index (χ1n) is 10.4. The van der Waals surface area contributed by atoms with E-state index >= 15 is 0 Å². The molecule has 0 amide bonds. The molecular weight excluding hydrogens is 380 g/mol. The van der Waals surface area contributed by atoms with Crippen LogP contribution in [0.15, 0.2) is 109 Å². The minimum Gasteiger partial charge on any atom is -0.419 e. The van der Waals surface area contributed by atoms with E-state index in [0.717, 1.165) is 0 Å². The summed E-state index contributed by atoms with van der Waals surface area (Å²) < 4.78 is 6.54. The third-order valence-electron chi connectivity index (χ3n) is 6.13. The van der Waals surface area contributed by atoms with E-state index < -0.39 is 5.41 Å². The van der Waals surface area contributed by atoms with Crippen molar-refractivity contribution in [1.29, 1.82) is 0 Å². The van der Waals surface area contributed by atoms with Crippen LogP contribution in [-0.4, -0.2) is 10.5 Å². The molecule has 0 spiro atoms. The van der Waals surface area contributed by atoms with E-state index in [9.17, 15) is 0 Å². The van der Waals surface area contributed by atoms with Crippen LogP contribution in [0.3, 0.4) is 0 Å². The average molecular weight is 409 g/mol. The van der Waals surface area contributed by atoms with Gasteiger partial charge in [0, 0.05) is 0 Å². The lowest BCUT2D eigenvalue weighted by Gasteiger charge is -2.43. The highest BCUT2D eigenvalue weighted by Crippen LogP contribution is 2.51. The van der Waals surface area contributed by atoms with E-state index in [-0.39, 0.29) is 6.10 Å². The number of benzene rings is 4. The Balaban J connectivity index is 2.16. The molecule has 30 heavy (non-hydrogen) atoms. The van der Waals surface area contributed by atoms with Crippen molar-refractivity contribution in [2.24, 2.45) is 0 Å². The number of aryl methyl sites for hydroxylation is 2. The Hall–Kier alpha value is -2.94. The van der Waals surface area contributed by atoms with Crippen molar-refractivity contribution >= 4 is 10.5 Å². The molecule has 4 rings (SSSR count). The fraction of sp³-hybridized carbons (Fsp3) is 0.143. The van der Waals surface area contributed by atoms with E-state index in [4.69, 9.17) is 4.43 Å². The van der Waals surface area contributed by atoms with Crippen LogP contribution in [0.25, 0.3) is 0 Å². The third-order valence-corrected chi connectivity index (χ3v) is 6.60. The predicted molar refractivity (Wildman–Crippen MR) is 129 cm³/mol. The predicted octanol–water partition coefficient (Wildman–Crippen LogP) is 5.68. The van der Waals surface area contributed by atoms with E-state index in [2.05, 4.69) is 123 Å². The molecule has 1 atom stereocenters. The molecule has 0 aliphatic heterocycles. The molecule has 0 saturated carbocycles. The van der Waals surface area contributed by atoms with Crippen molar-refractivity contribution in [3.8, 4) is 0 Å². The highest BCUT2D eigenvalue weighted by molar-refractivity contribution is 5.98. The van der Waals surface area contributed by atoms with Gasteiger partial charge < -0.3 is 4.43 Å². The fourth-order valence-electron chi connectivity index (χ4n) is 4.76. The van der Waals surface area contributed by atoms with Crippen molar-refractivity contribution in [3.63, 3.8) is 0 Å². The molecule has 1 nitrogen and oxygen atoms in total. The summed E-state index contributed by atoms with van der Waals surface area (Å²) in [5, 5.41) is 0. The molecule has 0 aliphatic rings. The molecule has 4 aromatic carbocycles. The Kier molecular flexibility index (Phi) is 5.98. The van der Waals surface area contributed by atoms with Gasteiger partial charge in [0.25, 0.3) is 0 Å². The van der Waals surface area contributed by atoms with Crippen LogP contribution in [0.4, 0.5) is 0 Å². The van der Waals surface area contributed by atoms with Gasteiger partial charge in [-0.05, 0) is 47.2 Å². The van der Waals surface area contributed by atoms with Crippen LogP contribution in [-0.2, 0) is 9.84 Å². The topological polar surface area (TPSA) is 9.23 Å². The lowest BCUT2D eigenvalue weighted by Crippen LogP contribution is -2.38. The first kappa shape index (κ1) is 20.3. The normalized spacial score (nSPS) is 12.6. The third kappa shape index (κ3) is 3.43. The van der Waals surface area contributed by atoms with Crippen molar-refractivity contribution in [1.82, 2.24) is 0 Å².